The zero-order valence-electron chi connectivity index (χ0n) is 6.29. The number of rotatable bonds is 5. The van der Waals surface area contributed by atoms with E-state index in [0.29, 0.717) is 0 Å². The summed E-state index contributed by atoms with van der Waals surface area (Å²) in [6.07, 6.45) is -5.07. The second-order valence-electron chi connectivity index (χ2n) is 2.42. The average molecular weight is 180 g/mol. The Hall–Kier alpha value is -0.690. The zero-order chi connectivity index (χ0) is 9.72. The molecule has 0 aliphatic heterocycles. The molecule has 72 valence electrons. The van der Waals surface area contributed by atoms with E-state index >= 15 is 0 Å². The van der Waals surface area contributed by atoms with Gasteiger partial charge in [-0.2, -0.15) is 0 Å². The van der Waals surface area contributed by atoms with E-state index in [2.05, 4.69) is 0 Å². The van der Waals surface area contributed by atoms with Gasteiger partial charge in [-0.1, -0.05) is 0 Å². The number of aliphatic carboxylic acids is 1. The number of hydrogen-bond donors (Lipinski definition) is 5. The Morgan fingerprint density at radius 1 is 1.25 bits per heavy atom. The third kappa shape index (κ3) is 3.63. The molecule has 0 saturated carbocycles. The number of carboxylic acids is 1. The minimum absolute atomic E-state index is 0.371. The summed E-state index contributed by atoms with van der Waals surface area (Å²) in [6, 6.07) is 0. The molecule has 0 aromatic carbocycles. The molecule has 0 aromatic rings. The van der Waals surface area contributed by atoms with E-state index in [4.69, 9.17) is 25.5 Å². The fraction of sp³-hybridized carbons (Fsp3) is 0.833. The van der Waals surface area contributed by atoms with E-state index in [9.17, 15) is 4.79 Å². The lowest BCUT2D eigenvalue weighted by atomic mass is 10.1. The number of hydrogen-bond acceptors (Lipinski definition) is 5. The smallest absolute Gasteiger partial charge is 0.335 e. The molecule has 0 heterocycles. The van der Waals surface area contributed by atoms with Crippen molar-refractivity contribution in [2.24, 2.45) is 0 Å². The van der Waals surface area contributed by atoms with Gasteiger partial charge in [0, 0.05) is 6.42 Å². The molecule has 0 saturated heterocycles. The van der Waals surface area contributed by atoms with Crippen LogP contribution in [0.2, 0.25) is 0 Å². The second kappa shape index (κ2) is 5.04. The Kier molecular flexibility index (Phi) is 4.75. The highest BCUT2D eigenvalue weighted by molar-refractivity contribution is 5.72. The lowest BCUT2D eigenvalue weighted by Crippen LogP contribution is -2.36. The van der Waals surface area contributed by atoms with Gasteiger partial charge in [0.1, 0.15) is 0 Å². The van der Waals surface area contributed by atoms with Crippen LogP contribution in [0.4, 0.5) is 0 Å². The first-order valence-electron chi connectivity index (χ1n) is 3.37. The van der Waals surface area contributed by atoms with E-state index < -0.39 is 30.9 Å². The summed E-state index contributed by atoms with van der Waals surface area (Å²) in [7, 11) is 0. The highest BCUT2D eigenvalue weighted by Crippen LogP contribution is 2.02. The lowest BCUT2D eigenvalue weighted by molar-refractivity contribution is -0.154. The number of aliphatic hydroxyl groups excluding tert-OH is 4. The van der Waals surface area contributed by atoms with Crippen molar-refractivity contribution in [3.8, 4) is 0 Å². The van der Waals surface area contributed by atoms with Crippen LogP contribution in [0.3, 0.4) is 0 Å². The van der Waals surface area contributed by atoms with Crippen molar-refractivity contribution < 1.29 is 30.3 Å². The third-order valence-corrected chi connectivity index (χ3v) is 1.34. The molecule has 3 atom stereocenters. The molecule has 6 heteroatoms. The van der Waals surface area contributed by atoms with Crippen molar-refractivity contribution in [2.45, 2.75) is 24.7 Å². The van der Waals surface area contributed by atoms with Crippen LogP contribution in [0.25, 0.3) is 0 Å². The summed E-state index contributed by atoms with van der Waals surface area (Å²) in [5.41, 5.74) is 0. The molecule has 0 fully saturated rings. The van der Waals surface area contributed by atoms with E-state index in [-0.39, 0.29) is 6.42 Å². The van der Waals surface area contributed by atoms with Crippen LogP contribution in [0.5, 0.6) is 0 Å². The van der Waals surface area contributed by atoms with Gasteiger partial charge in [-0.15, -0.1) is 0 Å². The SMILES string of the molecule is O=C(O)C(O)C(O)CC(O)CO. The topological polar surface area (TPSA) is 118 Å². The molecule has 0 bridgehead atoms. The van der Waals surface area contributed by atoms with Crippen LogP contribution in [-0.2, 0) is 4.79 Å². The quantitative estimate of drug-likeness (QED) is 0.320. The van der Waals surface area contributed by atoms with Crippen LogP contribution in [-0.4, -0.2) is 56.4 Å². The first kappa shape index (κ1) is 11.3. The Morgan fingerprint density at radius 2 is 1.75 bits per heavy atom. The van der Waals surface area contributed by atoms with E-state index in [0.717, 1.165) is 0 Å². The maximum absolute atomic E-state index is 10.1. The molecule has 0 rings (SSSR count). The van der Waals surface area contributed by atoms with Crippen LogP contribution in [0.1, 0.15) is 6.42 Å². The van der Waals surface area contributed by atoms with Crippen molar-refractivity contribution in [1.29, 1.82) is 0 Å². The highest BCUT2D eigenvalue weighted by atomic mass is 16.4. The van der Waals surface area contributed by atoms with Crippen LogP contribution in [0, 0.1) is 0 Å². The fourth-order valence-electron chi connectivity index (χ4n) is 0.647. The first-order valence-corrected chi connectivity index (χ1v) is 3.37. The number of carboxylic acid groups (broad SMARTS) is 1. The number of carbonyl (C=O) groups is 1. The number of aliphatic hydroxyl groups is 4. The van der Waals surface area contributed by atoms with Gasteiger partial charge >= 0.3 is 5.97 Å². The fourth-order valence-corrected chi connectivity index (χ4v) is 0.647. The monoisotopic (exact) mass is 180 g/mol. The largest absolute Gasteiger partial charge is 0.479 e. The Bertz CT molecular complexity index is 147. The van der Waals surface area contributed by atoms with Crippen molar-refractivity contribution in [2.75, 3.05) is 6.61 Å². The maximum Gasteiger partial charge on any atom is 0.335 e. The van der Waals surface area contributed by atoms with E-state index in [1.807, 2.05) is 0 Å². The van der Waals surface area contributed by atoms with E-state index in [1.165, 1.54) is 0 Å². The highest BCUT2D eigenvalue weighted by Gasteiger charge is 2.25. The van der Waals surface area contributed by atoms with Crippen LogP contribution in [0.15, 0.2) is 0 Å². The first-order chi connectivity index (χ1) is 5.49. The van der Waals surface area contributed by atoms with Gasteiger partial charge in [0.2, 0.25) is 0 Å². The predicted molar refractivity (Wildman–Crippen MR) is 37.4 cm³/mol. The van der Waals surface area contributed by atoms with Crippen molar-refractivity contribution in [3.05, 3.63) is 0 Å². The van der Waals surface area contributed by atoms with Gasteiger partial charge in [-0.05, 0) is 0 Å². The third-order valence-electron chi connectivity index (χ3n) is 1.34. The molecule has 0 aliphatic rings. The van der Waals surface area contributed by atoms with Crippen molar-refractivity contribution >= 4 is 5.97 Å². The molecule has 0 radical (unpaired) electrons. The normalized spacial score (nSPS) is 18.3. The average Bonchev–Trinajstić information content (AvgIpc) is 2.02. The summed E-state index contributed by atoms with van der Waals surface area (Å²) in [5.74, 6) is -1.56. The lowest BCUT2D eigenvalue weighted by Gasteiger charge is -2.15. The summed E-state index contributed by atoms with van der Waals surface area (Å²) in [4.78, 5) is 10.1. The van der Waals surface area contributed by atoms with Crippen LogP contribution >= 0.6 is 0 Å². The van der Waals surface area contributed by atoms with Crippen molar-refractivity contribution in [3.63, 3.8) is 0 Å². The van der Waals surface area contributed by atoms with Gasteiger partial charge in [-0.25, -0.2) is 4.79 Å². The van der Waals surface area contributed by atoms with Gasteiger partial charge in [0.25, 0.3) is 0 Å². The summed E-state index contributed by atoms with van der Waals surface area (Å²) in [5, 5.41) is 42.8. The van der Waals surface area contributed by atoms with Gasteiger partial charge < -0.3 is 25.5 Å². The molecule has 5 N–H and O–H groups in total. The Labute approximate surface area is 68.7 Å². The molecular formula is C6H12O6. The van der Waals surface area contributed by atoms with Crippen LogP contribution < -0.4 is 0 Å². The molecule has 0 aromatic heterocycles. The van der Waals surface area contributed by atoms with Crippen molar-refractivity contribution in [1.82, 2.24) is 0 Å². The minimum Gasteiger partial charge on any atom is -0.479 e. The summed E-state index contributed by atoms with van der Waals surface area (Å²) < 4.78 is 0. The summed E-state index contributed by atoms with van der Waals surface area (Å²) in [6.45, 7) is -0.580. The standard InChI is InChI=1S/C6H12O6/c7-2-3(8)1-4(9)5(10)6(11)12/h3-5,7-10H,1-2H2,(H,11,12). The molecule has 0 spiro atoms. The van der Waals surface area contributed by atoms with Gasteiger partial charge in [0.15, 0.2) is 6.10 Å². The second-order valence-corrected chi connectivity index (χ2v) is 2.42. The zero-order valence-corrected chi connectivity index (χ0v) is 6.29. The van der Waals surface area contributed by atoms with E-state index in [1.54, 1.807) is 0 Å². The molecule has 6 nitrogen and oxygen atoms in total. The molecule has 12 heavy (non-hydrogen) atoms. The summed E-state index contributed by atoms with van der Waals surface area (Å²) >= 11 is 0. The Morgan fingerprint density at radius 3 is 2.08 bits per heavy atom. The molecular weight excluding hydrogens is 168 g/mol. The van der Waals surface area contributed by atoms with Gasteiger partial charge in [0.05, 0.1) is 18.8 Å². The van der Waals surface area contributed by atoms with Gasteiger partial charge in [-0.3, -0.25) is 0 Å². The predicted octanol–water partition coefficient (Wildman–Crippen LogP) is -2.46. The minimum atomic E-state index is -1.92. The molecule has 0 amide bonds. The maximum atomic E-state index is 10.1. The molecule has 3 unspecified atom stereocenters. The molecule has 0 aliphatic carbocycles. The Balaban J connectivity index is 3.86.